The molecule has 4 nitrogen and oxygen atoms in total. The number of likely N-dealkylation sites (N-methyl/N-ethyl adjacent to an activating group) is 1. The standard InChI is InChI=1S/C15H18F2N2O2/c1-9(19(2)8-14(20)18-11-4-5-11)15(21)10-3-6-12(16)13(17)7-10/h3,6-7,9,11H,4-5,8H2,1-2H3,(H,18,20). The summed E-state index contributed by atoms with van der Waals surface area (Å²) in [5.74, 6) is -2.53. The van der Waals surface area contributed by atoms with Crippen molar-refractivity contribution >= 4 is 11.7 Å². The Kier molecular flexibility index (Phi) is 4.67. The zero-order chi connectivity index (χ0) is 15.6. The number of hydrogen-bond donors (Lipinski definition) is 1. The summed E-state index contributed by atoms with van der Waals surface area (Å²) < 4.78 is 26.0. The van der Waals surface area contributed by atoms with E-state index in [2.05, 4.69) is 5.32 Å². The molecule has 21 heavy (non-hydrogen) atoms. The maximum Gasteiger partial charge on any atom is 0.234 e. The minimum atomic E-state index is -1.05. The zero-order valence-electron chi connectivity index (χ0n) is 12.0. The second kappa shape index (κ2) is 6.30. The number of hydrogen-bond acceptors (Lipinski definition) is 3. The number of ketones is 1. The number of carbonyl (C=O) groups excluding carboxylic acids is 2. The number of carbonyl (C=O) groups is 2. The number of benzene rings is 1. The SMILES string of the molecule is CC(C(=O)c1ccc(F)c(F)c1)N(C)CC(=O)NC1CC1. The van der Waals surface area contributed by atoms with E-state index in [1.54, 1.807) is 18.9 Å². The molecule has 1 aromatic rings. The maximum absolute atomic E-state index is 13.2. The van der Waals surface area contributed by atoms with E-state index < -0.39 is 17.7 Å². The first-order valence-electron chi connectivity index (χ1n) is 6.87. The molecule has 1 atom stereocenters. The first kappa shape index (κ1) is 15.6. The molecule has 2 rings (SSSR count). The monoisotopic (exact) mass is 296 g/mol. The third kappa shape index (κ3) is 4.07. The zero-order valence-corrected chi connectivity index (χ0v) is 12.0. The minimum absolute atomic E-state index is 0.0904. The van der Waals surface area contributed by atoms with Crippen molar-refractivity contribution in [3.8, 4) is 0 Å². The molecular formula is C15H18F2N2O2. The van der Waals surface area contributed by atoms with Crippen LogP contribution in [0.4, 0.5) is 8.78 Å². The quantitative estimate of drug-likeness (QED) is 0.814. The van der Waals surface area contributed by atoms with Crippen molar-refractivity contribution in [2.24, 2.45) is 0 Å². The lowest BCUT2D eigenvalue weighted by Gasteiger charge is -2.23. The Morgan fingerprint density at radius 2 is 2.00 bits per heavy atom. The van der Waals surface area contributed by atoms with Crippen molar-refractivity contribution in [2.45, 2.75) is 31.8 Å². The van der Waals surface area contributed by atoms with Crippen LogP contribution < -0.4 is 5.32 Å². The minimum Gasteiger partial charge on any atom is -0.352 e. The van der Waals surface area contributed by atoms with E-state index in [1.807, 2.05) is 0 Å². The summed E-state index contributed by atoms with van der Waals surface area (Å²) in [6.45, 7) is 1.72. The molecule has 0 bridgehead atoms. The Morgan fingerprint density at radius 1 is 1.33 bits per heavy atom. The third-order valence-corrected chi connectivity index (χ3v) is 3.58. The van der Waals surface area contributed by atoms with Crippen LogP contribution in [0.1, 0.15) is 30.1 Å². The molecule has 1 aliphatic carbocycles. The predicted octanol–water partition coefficient (Wildman–Crippen LogP) is 1.75. The Labute approximate surface area is 122 Å². The van der Waals surface area contributed by atoms with Gasteiger partial charge in [0.15, 0.2) is 17.4 Å². The second-order valence-corrected chi connectivity index (χ2v) is 5.43. The van der Waals surface area contributed by atoms with E-state index in [-0.39, 0.29) is 29.8 Å². The van der Waals surface area contributed by atoms with Gasteiger partial charge in [0.25, 0.3) is 0 Å². The van der Waals surface area contributed by atoms with Crippen LogP contribution in [0.15, 0.2) is 18.2 Å². The highest BCUT2D eigenvalue weighted by atomic mass is 19.2. The second-order valence-electron chi connectivity index (χ2n) is 5.43. The van der Waals surface area contributed by atoms with Crippen LogP contribution in [0.5, 0.6) is 0 Å². The number of Topliss-reactive ketones (excluding diaryl/α,β-unsaturated/α-hetero) is 1. The molecule has 1 aliphatic rings. The first-order valence-corrected chi connectivity index (χ1v) is 6.87. The summed E-state index contributed by atoms with van der Waals surface area (Å²) in [6, 6.07) is 2.72. The van der Waals surface area contributed by atoms with E-state index in [0.717, 1.165) is 25.0 Å². The number of halogens is 2. The van der Waals surface area contributed by atoms with Gasteiger partial charge in [0, 0.05) is 11.6 Å². The number of amides is 1. The van der Waals surface area contributed by atoms with Crippen molar-refractivity contribution in [3.05, 3.63) is 35.4 Å². The molecule has 0 aromatic heterocycles. The van der Waals surface area contributed by atoms with E-state index >= 15 is 0 Å². The largest absolute Gasteiger partial charge is 0.352 e. The molecule has 1 saturated carbocycles. The summed E-state index contributed by atoms with van der Waals surface area (Å²) in [6.07, 6.45) is 2.00. The maximum atomic E-state index is 13.2. The predicted molar refractivity (Wildman–Crippen MR) is 73.9 cm³/mol. The fourth-order valence-corrected chi connectivity index (χ4v) is 1.96. The van der Waals surface area contributed by atoms with Crippen LogP contribution in [-0.4, -0.2) is 42.3 Å². The van der Waals surface area contributed by atoms with Crippen LogP contribution in [0.2, 0.25) is 0 Å². The first-order chi connectivity index (χ1) is 9.88. The summed E-state index contributed by atoms with van der Waals surface area (Å²) in [5, 5.41) is 2.83. The molecule has 1 unspecified atom stereocenters. The van der Waals surface area contributed by atoms with Gasteiger partial charge in [-0.1, -0.05) is 0 Å². The highest BCUT2D eigenvalue weighted by molar-refractivity contribution is 6.00. The van der Waals surface area contributed by atoms with Crippen molar-refractivity contribution in [1.82, 2.24) is 10.2 Å². The lowest BCUT2D eigenvalue weighted by Crippen LogP contribution is -2.43. The molecule has 0 radical (unpaired) electrons. The van der Waals surface area contributed by atoms with Gasteiger partial charge in [0.05, 0.1) is 12.6 Å². The fourth-order valence-electron chi connectivity index (χ4n) is 1.96. The van der Waals surface area contributed by atoms with E-state index in [9.17, 15) is 18.4 Å². The van der Waals surface area contributed by atoms with Crippen molar-refractivity contribution in [1.29, 1.82) is 0 Å². The van der Waals surface area contributed by atoms with E-state index in [0.29, 0.717) is 0 Å². The van der Waals surface area contributed by atoms with E-state index in [1.165, 1.54) is 6.07 Å². The van der Waals surface area contributed by atoms with Gasteiger partial charge in [-0.25, -0.2) is 8.78 Å². The van der Waals surface area contributed by atoms with Crippen molar-refractivity contribution < 1.29 is 18.4 Å². The van der Waals surface area contributed by atoms with Gasteiger partial charge < -0.3 is 5.32 Å². The van der Waals surface area contributed by atoms with Gasteiger partial charge in [-0.2, -0.15) is 0 Å². The molecular weight excluding hydrogens is 278 g/mol. The van der Waals surface area contributed by atoms with Gasteiger partial charge in [0.1, 0.15) is 0 Å². The van der Waals surface area contributed by atoms with Crippen LogP contribution in [0, 0.1) is 11.6 Å². The molecule has 1 aromatic carbocycles. The normalized spacial score (nSPS) is 15.9. The Bertz CT molecular complexity index is 559. The molecule has 114 valence electrons. The summed E-state index contributed by atoms with van der Waals surface area (Å²) >= 11 is 0. The molecule has 0 saturated heterocycles. The van der Waals surface area contributed by atoms with Crippen LogP contribution in [0.25, 0.3) is 0 Å². The Hall–Kier alpha value is -1.82. The smallest absolute Gasteiger partial charge is 0.234 e. The molecule has 0 spiro atoms. The van der Waals surface area contributed by atoms with Gasteiger partial charge in [-0.15, -0.1) is 0 Å². The van der Waals surface area contributed by atoms with E-state index in [4.69, 9.17) is 0 Å². The van der Waals surface area contributed by atoms with Gasteiger partial charge >= 0.3 is 0 Å². The van der Waals surface area contributed by atoms with Gasteiger partial charge in [0.2, 0.25) is 5.91 Å². The number of nitrogens with zero attached hydrogens (tertiary/aromatic N) is 1. The number of rotatable bonds is 6. The third-order valence-electron chi connectivity index (χ3n) is 3.58. The Balaban J connectivity index is 1.96. The van der Waals surface area contributed by atoms with Crippen LogP contribution >= 0.6 is 0 Å². The molecule has 1 fully saturated rings. The average Bonchev–Trinajstić information content (AvgIpc) is 3.23. The number of nitrogens with one attached hydrogen (secondary N) is 1. The lowest BCUT2D eigenvalue weighted by molar-refractivity contribution is -0.122. The topological polar surface area (TPSA) is 49.4 Å². The molecule has 6 heteroatoms. The van der Waals surface area contributed by atoms with Gasteiger partial charge in [-0.05, 0) is 45.0 Å². The molecule has 0 heterocycles. The average molecular weight is 296 g/mol. The fraction of sp³-hybridized carbons (Fsp3) is 0.467. The lowest BCUT2D eigenvalue weighted by atomic mass is 10.0. The van der Waals surface area contributed by atoms with Gasteiger partial charge in [-0.3, -0.25) is 14.5 Å². The molecule has 1 amide bonds. The summed E-state index contributed by atoms with van der Waals surface area (Å²) in [4.78, 5) is 25.5. The Morgan fingerprint density at radius 3 is 2.57 bits per heavy atom. The summed E-state index contributed by atoms with van der Waals surface area (Å²) in [7, 11) is 1.65. The van der Waals surface area contributed by atoms with Crippen LogP contribution in [0.3, 0.4) is 0 Å². The molecule has 1 N–H and O–H groups in total. The van der Waals surface area contributed by atoms with Crippen molar-refractivity contribution in [2.75, 3.05) is 13.6 Å². The molecule has 0 aliphatic heterocycles. The highest BCUT2D eigenvalue weighted by Gasteiger charge is 2.26. The summed E-state index contributed by atoms with van der Waals surface area (Å²) in [5.41, 5.74) is 0.0934. The van der Waals surface area contributed by atoms with Crippen molar-refractivity contribution in [3.63, 3.8) is 0 Å². The highest BCUT2D eigenvalue weighted by Crippen LogP contribution is 2.18. The van der Waals surface area contributed by atoms with Crippen LogP contribution in [-0.2, 0) is 4.79 Å².